The molecule has 0 radical (unpaired) electrons. The molecule has 0 atom stereocenters. The third kappa shape index (κ3) is 9.82. The molecule has 0 unspecified atom stereocenters. The summed E-state index contributed by atoms with van der Waals surface area (Å²) in [6.45, 7) is 3.05. The van der Waals surface area contributed by atoms with Crippen molar-refractivity contribution in [2.75, 3.05) is 6.61 Å². The molecule has 0 aliphatic heterocycles. The van der Waals surface area contributed by atoms with Gasteiger partial charge in [-0.1, -0.05) is 114 Å². The van der Waals surface area contributed by atoms with Gasteiger partial charge in [0.15, 0.2) is 0 Å². The molecule has 0 amide bonds. The lowest BCUT2D eigenvalue weighted by molar-refractivity contribution is 0.304. The van der Waals surface area contributed by atoms with Crippen LogP contribution >= 0.6 is 0 Å². The highest BCUT2D eigenvalue weighted by atomic mass is 16.5. The normalized spacial score (nSPS) is 10.9. The predicted molar refractivity (Wildman–Crippen MR) is 128 cm³/mol. The van der Waals surface area contributed by atoms with Gasteiger partial charge in [0.2, 0.25) is 0 Å². The average molecular weight is 410 g/mol. The van der Waals surface area contributed by atoms with Crippen LogP contribution in [0.4, 0.5) is 0 Å². The zero-order valence-corrected chi connectivity index (χ0v) is 18.7. The molecule has 2 aromatic carbocycles. The second-order valence-corrected chi connectivity index (χ2v) is 8.26. The lowest BCUT2D eigenvalue weighted by Crippen LogP contribution is -2.29. The first-order valence-corrected chi connectivity index (χ1v) is 11.9. The highest BCUT2D eigenvalue weighted by molar-refractivity contribution is 6.58. The first kappa shape index (κ1) is 24.5. The van der Waals surface area contributed by atoms with Crippen LogP contribution in [0.1, 0.15) is 84.0 Å². The van der Waals surface area contributed by atoms with Gasteiger partial charge in [0.25, 0.3) is 0 Å². The molecule has 3 nitrogen and oxygen atoms in total. The molecule has 0 saturated heterocycles. The summed E-state index contributed by atoms with van der Waals surface area (Å²) < 4.78 is 5.87. The van der Waals surface area contributed by atoms with Crippen molar-refractivity contribution in [3.63, 3.8) is 0 Å². The summed E-state index contributed by atoms with van der Waals surface area (Å²) >= 11 is 0. The Morgan fingerprint density at radius 1 is 0.600 bits per heavy atom. The topological polar surface area (TPSA) is 49.7 Å². The van der Waals surface area contributed by atoms with E-state index in [1.165, 1.54) is 70.6 Å². The van der Waals surface area contributed by atoms with E-state index in [0.717, 1.165) is 29.9 Å². The Hall–Kier alpha value is -1.78. The van der Waals surface area contributed by atoms with Crippen molar-refractivity contribution >= 4 is 12.6 Å². The van der Waals surface area contributed by atoms with E-state index in [1.54, 1.807) is 12.1 Å². The molecule has 0 heterocycles. The quantitative estimate of drug-likeness (QED) is 0.259. The van der Waals surface area contributed by atoms with Crippen LogP contribution < -0.4 is 10.2 Å². The van der Waals surface area contributed by atoms with E-state index in [2.05, 4.69) is 6.92 Å². The third-order valence-corrected chi connectivity index (χ3v) is 5.66. The number of hydrogen-bond donors (Lipinski definition) is 2. The maximum atomic E-state index is 9.18. The smallest absolute Gasteiger partial charge is 0.488 e. The highest BCUT2D eigenvalue weighted by Gasteiger charge is 2.10. The maximum Gasteiger partial charge on any atom is 0.488 e. The van der Waals surface area contributed by atoms with E-state index in [1.807, 2.05) is 36.4 Å². The van der Waals surface area contributed by atoms with Crippen LogP contribution in [-0.2, 0) is 0 Å². The van der Waals surface area contributed by atoms with Crippen molar-refractivity contribution in [2.24, 2.45) is 0 Å². The first-order chi connectivity index (χ1) is 14.7. The van der Waals surface area contributed by atoms with Crippen LogP contribution in [0.5, 0.6) is 5.75 Å². The fourth-order valence-electron chi connectivity index (χ4n) is 3.72. The summed E-state index contributed by atoms with van der Waals surface area (Å²) in [5.41, 5.74) is 2.64. The van der Waals surface area contributed by atoms with Gasteiger partial charge in [0.1, 0.15) is 5.75 Å². The van der Waals surface area contributed by atoms with E-state index in [9.17, 15) is 10.0 Å². The van der Waals surface area contributed by atoms with E-state index in [-0.39, 0.29) is 0 Å². The SMILES string of the molecule is CCCCCCCCCCCCCCOc1ccc(-c2ccc(B(O)O)cc2)cc1. The van der Waals surface area contributed by atoms with Crippen molar-refractivity contribution in [3.05, 3.63) is 48.5 Å². The maximum absolute atomic E-state index is 9.18. The molecule has 2 N–H and O–H groups in total. The molecule has 30 heavy (non-hydrogen) atoms. The average Bonchev–Trinajstić information content (AvgIpc) is 2.77. The van der Waals surface area contributed by atoms with Gasteiger partial charge in [-0.3, -0.25) is 0 Å². The van der Waals surface area contributed by atoms with Crippen molar-refractivity contribution in [1.82, 2.24) is 0 Å². The third-order valence-electron chi connectivity index (χ3n) is 5.66. The van der Waals surface area contributed by atoms with Gasteiger partial charge in [0, 0.05) is 0 Å². The molecule has 4 heteroatoms. The largest absolute Gasteiger partial charge is 0.494 e. The van der Waals surface area contributed by atoms with Crippen LogP contribution in [-0.4, -0.2) is 23.8 Å². The summed E-state index contributed by atoms with van der Waals surface area (Å²) in [4.78, 5) is 0. The molecule has 2 rings (SSSR count). The molecule has 0 bridgehead atoms. The molecular formula is C26H39BO3. The van der Waals surface area contributed by atoms with Crippen LogP contribution in [0.3, 0.4) is 0 Å². The van der Waals surface area contributed by atoms with E-state index < -0.39 is 7.12 Å². The molecule has 164 valence electrons. The summed E-state index contributed by atoms with van der Waals surface area (Å²) in [5.74, 6) is 0.907. The van der Waals surface area contributed by atoms with Gasteiger partial charge in [-0.25, -0.2) is 0 Å². The minimum atomic E-state index is -1.42. The van der Waals surface area contributed by atoms with Gasteiger partial charge >= 0.3 is 7.12 Å². The first-order valence-electron chi connectivity index (χ1n) is 11.9. The zero-order valence-electron chi connectivity index (χ0n) is 18.7. The van der Waals surface area contributed by atoms with Crippen LogP contribution in [0.15, 0.2) is 48.5 Å². The van der Waals surface area contributed by atoms with Crippen LogP contribution in [0.2, 0.25) is 0 Å². The number of benzene rings is 2. The molecule has 0 aromatic heterocycles. The summed E-state index contributed by atoms with van der Waals surface area (Å²) in [6.07, 6.45) is 16.2. The molecule has 2 aromatic rings. The van der Waals surface area contributed by atoms with Crippen molar-refractivity contribution in [1.29, 1.82) is 0 Å². The lowest BCUT2D eigenvalue weighted by Gasteiger charge is -2.08. The summed E-state index contributed by atoms with van der Waals surface area (Å²) in [5, 5.41) is 18.4. The van der Waals surface area contributed by atoms with Gasteiger partial charge in [-0.2, -0.15) is 0 Å². The summed E-state index contributed by atoms with van der Waals surface area (Å²) in [7, 11) is -1.42. The van der Waals surface area contributed by atoms with Gasteiger partial charge in [-0.05, 0) is 35.1 Å². The van der Waals surface area contributed by atoms with Gasteiger partial charge in [-0.15, -0.1) is 0 Å². The minimum absolute atomic E-state index is 0.501. The fourth-order valence-corrected chi connectivity index (χ4v) is 3.72. The Balaban J connectivity index is 1.52. The monoisotopic (exact) mass is 410 g/mol. The predicted octanol–water partition coefficient (Wildman–Crippen LogP) is 6.11. The molecule has 0 fully saturated rings. The number of ether oxygens (including phenoxy) is 1. The Labute approximate surface area is 183 Å². The molecular weight excluding hydrogens is 371 g/mol. The minimum Gasteiger partial charge on any atom is -0.494 e. The Bertz CT molecular complexity index is 668. The summed E-state index contributed by atoms with van der Waals surface area (Å²) in [6, 6.07) is 15.4. The van der Waals surface area contributed by atoms with Gasteiger partial charge < -0.3 is 14.8 Å². The standard InChI is InChI=1S/C26H39BO3/c1-2-3-4-5-6-7-8-9-10-11-12-13-22-30-26-20-16-24(17-21-26)23-14-18-25(19-15-23)27(28)29/h14-21,28-29H,2-13,22H2,1H3. The van der Waals surface area contributed by atoms with Crippen LogP contribution in [0, 0.1) is 0 Å². The van der Waals surface area contributed by atoms with Gasteiger partial charge in [0.05, 0.1) is 6.61 Å². The number of unbranched alkanes of at least 4 members (excludes halogenated alkanes) is 11. The zero-order chi connectivity index (χ0) is 21.4. The number of hydrogen-bond acceptors (Lipinski definition) is 3. The van der Waals surface area contributed by atoms with E-state index >= 15 is 0 Å². The second kappa shape index (κ2) is 15.1. The van der Waals surface area contributed by atoms with Crippen molar-refractivity contribution in [2.45, 2.75) is 84.0 Å². The Kier molecular flexibility index (Phi) is 12.3. The van der Waals surface area contributed by atoms with Crippen molar-refractivity contribution in [3.8, 4) is 16.9 Å². The lowest BCUT2D eigenvalue weighted by atomic mass is 9.80. The highest BCUT2D eigenvalue weighted by Crippen LogP contribution is 2.22. The molecule has 0 spiro atoms. The molecule has 0 aliphatic carbocycles. The molecule has 0 aliphatic rings. The van der Waals surface area contributed by atoms with E-state index in [4.69, 9.17) is 4.74 Å². The fraction of sp³-hybridized carbons (Fsp3) is 0.538. The van der Waals surface area contributed by atoms with E-state index in [0.29, 0.717) is 5.46 Å². The van der Waals surface area contributed by atoms with Crippen LogP contribution in [0.25, 0.3) is 11.1 Å². The number of rotatable bonds is 16. The molecule has 0 saturated carbocycles. The Morgan fingerprint density at radius 2 is 1.03 bits per heavy atom. The van der Waals surface area contributed by atoms with Crippen molar-refractivity contribution < 1.29 is 14.8 Å². The second-order valence-electron chi connectivity index (χ2n) is 8.26. The Morgan fingerprint density at radius 3 is 1.50 bits per heavy atom.